The van der Waals surface area contributed by atoms with Gasteiger partial charge in [-0.15, -0.1) is 0 Å². The molecule has 3 rings (SSSR count). The number of para-hydroxylation sites is 2. The van der Waals surface area contributed by atoms with E-state index >= 15 is 0 Å². The van der Waals surface area contributed by atoms with Gasteiger partial charge in [0.2, 0.25) is 0 Å². The van der Waals surface area contributed by atoms with E-state index in [4.69, 9.17) is 5.73 Å². The lowest BCUT2D eigenvalue weighted by molar-refractivity contribution is -0.0223. The van der Waals surface area contributed by atoms with Crippen molar-refractivity contribution in [3.05, 3.63) is 59.7 Å². The number of β-amino-alcohol motifs (C(OH)–C–C–N with tert-alkyl or cyclic N) is 1. The van der Waals surface area contributed by atoms with E-state index in [1.165, 1.54) is 5.56 Å². The number of nitrogens with two attached hydrogens (primary N) is 1. The first-order valence-electron chi connectivity index (χ1n) is 10.6. The highest BCUT2D eigenvalue weighted by Crippen LogP contribution is 2.21. The topological polar surface area (TPSA) is 81.8 Å². The molecule has 1 fully saturated rings. The Balaban J connectivity index is 1.59. The van der Waals surface area contributed by atoms with Crippen molar-refractivity contribution in [1.29, 1.82) is 0 Å². The molecule has 0 aromatic heterocycles. The zero-order valence-corrected chi connectivity index (χ0v) is 18.4. The van der Waals surface area contributed by atoms with Gasteiger partial charge in [-0.2, -0.15) is 0 Å². The summed E-state index contributed by atoms with van der Waals surface area (Å²) in [6, 6.07) is 15.8. The van der Waals surface area contributed by atoms with Crippen LogP contribution in [0.2, 0.25) is 0 Å². The molecule has 2 aromatic carbocycles. The fourth-order valence-corrected chi connectivity index (χ4v) is 4.01. The highest BCUT2D eigenvalue weighted by Gasteiger charge is 2.31. The molecule has 1 heterocycles. The molecule has 1 aliphatic heterocycles. The van der Waals surface area contributed by atoms with E-state index in [-0.39, 0.29) is 5.91 Å². The number of nitrogens with one attached hydrogen (secondary N) is 1. The zero-order valence-electron chi connectivity index (χ0n) is 18.4. The van der Waals surface area contributed by atoms with E-state index < -0.39 is 5.60 Å². The molecule has 0 bridgehead atoms. The molecule has 1 saturated heterocycles. The van der Waals surface area contributed by atoms with Crippen LogP contribution >= 0.6 is 0 Å². The number of hydrogen-bond donors (Lipinski definition) is 3. The summed E-state index contributed by atoms with van der Waals surface area (Å²) < 4.78 is 0. The van der Waals surface area contributed by atoms with Crippen LogP contribution in [0.25, 0.3) is 0 Å². The van der Waals surface area contributed by atoms with Crippen molar-refractivity contribution in [3.8, 4) is 0 Å². The number of benzene rings is 2. The largest absolute Gasteiger partial charge is 0.397 e. The smallest absolute Gasteiger partial charge is 0.255 e. The number of piperazine rings is 1. The summed E-state index contributed by atoms with van der Waals surface area (Å²) in [6.45, 7) is 11.6. The number of nitrogen functional groups attached to an aromatic ring is 1. The molecule has 0 spiro atoms. The Bertz CT molecular complexity index is 860. The molecular formula is C24H34N4O2. The van der Waals surface area contributed by atoms with Gasteiger partial charge < -0.3 is 16.2 Å². The molecular weight excluding hydrogens is 376 g/mol. The second kappa shape index (κ2) is 9.16. The number of hydrogen-bond acceptors (Lipinski definition) is 5. The number of aliphatic hydroxyl groups is 1. The Labute approximate surface area is 179 Å². The van der Waals surface area contributed by atoms with Crippen molar-refractivity contribution in [3.63, 3.8) is 0 Å². The lowest BCUT2D eigenvalue weighted by Gasteiger charge is -2.45. The second-order valence-electron chi connectivity index (χ2n) is 9.11. The average molecular weight is 411 g/mol. The number of carbonyl (C=O) groups is 1. The second-order valence-corrected chi connectivity index (χ2v) is 9.11. The quantitative estimate of drug-likeness (QED) is 0.637. The summed E-state index contributed by atoms with van der Waals surface area (Å²) in [5, 5.41) is 13.0. The molecule has 0 saturated carbocycles. The monoisotopic (exact) mass is 410 g/mol. The molecule has 2 unspecified atom stereocenters. The first-order valence-corrected chi connectivity index (χ1v) is 10.6. The summed E-state index contributed by atoms with van der Waals surface area (Å²) >= 11 is 0. The minimum Gasteiger partial charge on any atom is -0.397 e. The molecule has 30 heavy (non-hydrogen) atoms. The molecule has 2 atom stereocenters. The number of anilines is 2. The number of carbonyl (C=O) groups excluding carboxylic acids is 1. The van der Waals surface area contributed by atoms with Gasteiger partial charge >= 0.3 is 0 Å². The maximum absolute atomic E-state index is 12.5. The Morgan fingerprint density at radius 2 is 1.67 bits per heavy atom. The third-order valence-corrected chi connectivity index (χ3v) is 5.64. The Hall–Kier alpha value is -2.41. The van der Waals surface area contributed by atoms with Crippen molar-refractivity contribution in [2.24, 2.45) is 0 Å². The van der Waals surface area contributed by atoms with E-state index in [9.17, 15) is 9.90 Å². The fraction of sp³-hybridized carbons (Fsp3) is 0.458. The molecule has 4 N–H and O–H groups in total. The SMILES string of the molecule is CC1CN(CC(C)(C)O)C(C)CN1Cc1ccc(C(=O)Nc2ccccc2N)cc1. The predicted octanol–water partition coefficient (Wildman–Crippen LogP) is 3.19. The maximum Gasteiger partial charge on any atom is 0.255 e. The molecule has 6 nitrogen and oxygen atoms in total. The van der Waals surface area contributed by atoms with Gasteiger partial charge in [-0.25, -0.2) is 0 Å². The van der Waals surface area contributed by atoms with E-state index in [0.29, 0.717) is 35.6 Å². The van der Waals surface area contributed by atoms with Gasteiger partial charge in [-0.05, 0) is 57.5 Å². The first kappa shape index (κ1) is 22.3. The van der Waals surface area contributed by atoms with Gasteiger partial charge in [0.05, 0.1) is 17.0 Å². The van der Waals surface area contributed by atoms with Crippen LogP contribution in [-0.2, 0) is 6.54 Å². The number of rotatable bonds is 6. The van der Waals surface area contributed by atoms with Crippen LogP contribution in [0.3, 0.4) is 0 Å². The average Bonchev–Trinajstić information content (AvgIpc) is 2.67. The minimum absolute atomic E-state index is 0.165. The van der Waals surface area contributed by atoms with E-state index in [0.717, 1.165) is 19.6 Å². The van der Waals surface area contributed by atoms with Crippen LogP contribution in [0.1, 0.15) is 43.6 Å². The molecule has 0 radical (unpaired) electrons. The standard InChI is InChI=1S/C24H34N4O2/c1-17-14-28(16-24(3,4)30)18(2)13-27(17)15-19-9-11-20(12-10-19)23(29)26-22-8-6-5-7-21(22)25/h5-12,17-18,30H,13-16,25H2,1-4H3,(H,26,29). The maximum atomic E-state index is 12.5. The summed E-state index contributed by atoms with van der Waals surface area (Å²) in [7, 11) is 0. The van der Waals surface area contributed by atoms with Crippen molar-refractivity contribution < 1.29 is 9.90 Å². The third-order valence-electron chi connectivity index (χ3n) is 5.64. The molecule has 2 aromatic rings. The molecule has 1 amide bonds. The predicted molar refractivity (Wildman–Crippen MR) is 122 cm³/mol. The third kappa shape index (κ3) is 5.81. The summed E-state index contributed by atoms with van der Waals surface area (Å²) in [5.74, 6) is -0.165. The van der Waals surface area contributed by atoms with E-state index in [1.807, 2.05) is 50.2 Å². The van der Waals surface area contributed by atoms with Gasteiger partial charge in [0.1, 0.15) is 0 Å². The van der Waals surface area contributed by atoms with Crippen molar-refractivity contribution >= 4 is 17.3 Å². The normalized spacial score (nSPS) is 20.8. The lowest BCUT2D eigenvalue weighted by atomic mass is 10.0. The summed E-state index contributed by atoms with van der Waals surface area (Å²) in [5.41, 5.74) is 8.19. The van der Waals surface area contributed by atoms with Crippen molar-refractivity contribution in [2.45, 2.75) is 51.9 Å². The van der Waals surface area contributed by atoms with Crippen LogP contribution in [0.5, 0.6) is 0 Å². The van der Waals surface area contributed by atoms with Crippen LogP contribution < -0.4 is 11.1 Å². The van der Waals surface area contributed by atoms with Crippen molar-refractivity contribution in [1.82, 2.24) is 9.80 Å². The highest BCUT2D eigenvalue weighted by atomic mass is 16.3. The zero-order chi connectivity index (χ0) is 21.9. The Kier molecular flexibility index (Phi) is 6.81. The highest BCUT2D eigenvalue weighted by molar-refractivity contribution is 6.05. The number of amides is 1. The van der Waals surface area contributed by atoms with Crippen LogP contribution in [0, 0.1) is 0 Å². The molecule has 1 aliphatic rings. The van der Waals surface area contributed by atoms with Crippen LogP contribution in [0.4, 0.5) is 11.4 Å². The fourth-order valence-electron chi connectivity index (χ4n) is 4.01. The van der Waals surface area contributed by atoms with Gasteiger partial charge in [-0.3, -0.25) is 14.6 Å². The molecule has 0 aliphatic carbocycles. The van der Waals surface area contributed by atoms with Gasteiger partial charge in [0, 0.05) is 43.8 Å². The minimum atomic E-state index is -0.684. The van der Waals surface area contributed by atoms with Gasteiger partial charge in [0.15, 0.2) is 0 Å². The number of nitrogens with zero attached hydrogens (tertiary/aromatic N) is 2. The Morgan fingerprint density at radius 3 is 2.30 bits per heavy atom. The Morgan fingerprint density at radius 1 is 1.07 bits per heavy atom. The van der Waals surface area contributed by atoms with Crippen LogP contribution in [-0.4, -0.2) is 58.1 Å². The van der Waals surface area contributed by atoms with Gasteiger partial charge in [0.25, 0.3) is 5.91 Å². The summed E-state index contributed by atoms with van der Waals surface area (Å²) in [4.78, 5) is 17.3. The molecule has 162 valence electrons. The lowest BCUT2D eigenvalue weighted by Crippen LogP contribution is -2.58. The first-order chi connectivity index (χ1) is 14.1. The van der Waals surface area contributed by atoms with Crippen LogP contribution in [0.15, 0.2) is 48.5 Å². The summed E-state index contributed by atoms with van der Waals surface area (Å²) in [6.07, 6.45) is 0. The van der Waals surface area contributed by atoms with E-state index in [1.54, 1.807) is 12.1 Å². The van der Waals surface area contributed by atoms with E-state index in [2.05, 4.69) is 29.0 Å². The molecule has 6 heteroatoms. The van der Waals surface area contributed by atoms with Gasteiger partial charge in [-0.1, -0.05) is 24.3 Å². The van der Waals surface area contributed by atoms with Crippen molar-refractivity contribution in [2.75, 3.05) is 30.7 Å².